The van der Waals surface area contributed by atoms with Crippen LogP contribution in [0.4, 0.5) is 17.1 Å². The van der Waals surface area contributed by atoms with Gasteiger partial charge in [-0.1, -0.05) is 48.9 Å². The number of hydrogen-bond donors (Lipinski definition) is 3. The molecule has 0 aromatic heterocycles. The summed E-state index contributed by atoms with van der Waals surface area (Å²) >= 11 is 0. The van der Waals surface area contributed by atoms with Gasteiger partial charge in [-0.15, -0.1) is 0 Å². The second-order valence-corrected chi connectivity index (χ2v) is 8.28. The van der Waals surface area contributed by atoms with Crippen LogP contribution in [0.2, 0.25) is 0 Å². The lowest BCUT2D eigenvalue weighted by atomic mass is 10.0. The van der Waals surface area contributed by atoms with Crippen molar-refractivity contribution in [2.24, 2.45) is 5.73 Å². The Morgan fingerprint density at radius 3 is 2.45 bits per heavy atom. The average molecular weight is 443 g/mol. The van der Waals surface area contributed by atoms with E-state index in [0.29, 0.717) is 18.7 Å². The molecule has 0 radical (unpaired) electrons. The number of anilines is 3. The Hall–Kier alpha value is -3.64. The maximum absolute atomic E-state index is 13.3. The molecule has 4 rings (SSSR count). The number of hydrogen-bond acceptors (Lipinski definition) is 4. The van der Waals surface area contributed by atoms with Gasteiger partial charge in [-0.05, 0) is 60.4 Å². The highest BCUT2D eigenvalue weighted by atomic mass is 16.2. The van der Waals surface area contributed by atoms with Gasteiger partial charge in [-0.3, -0.25) is 9.59 Å². The minimum absolute atomic E-state index is 0.164. The Kier molecular flexibility index (Phi) is 7.37. The Balaban J connectivity index is 1.51. The lowest BCUT2D eigenvalue weighted by Gasteiger charge is -2.22. The van der Waals surface area contributed by atoms with Crippen molar-refractivity contribution in [2.45, 2.75) is 38.3 Å². The van der Waals surface area contributed by atoms with Gasteiger partial charge >= 0.3 is 0 Å². The third-order valence-corrected chi connectivity index (χ3v) is 5.89. The Bertz CT molecular complexity index is 1080. The summed E-state index contributed by atoms with van der Waals surface area (Å²) in [5, 5.41) is 6.36. The summed E-state index contributed by atoms with van der Waals surface area (Å²) in [5.74, 6) is -0.00436. The van der Waals surface area contributed by atoms with Crippen LogP contribution in [0.25, 0.3) is 0 Å². The minimum atomic E-state index is -0.578. The summed E-state index contributed by atoms with van der Waals surface area (Å²) in [6.07, 6.45) is 3.64. The third-order valence-electron chi connectivity index (χ3n) is 5.89. The standard InChI is InChI=1S/C27H30N4O2/c28-19-20-8-7-11-23(18-20)29-26(21-9-3-1-4-10-21)27(33)30-22-13-15-24(16-14-22)31-17-6-2-5-12-25(31)32/h1,3-4,7-11,13-16,18,26,29H,2,5-6,12,17,19,28H2,(H,30,33)/t26-/m0/s1. The van der Waals surface area contributed by atoms with E-state index >= 15 is 0 Å². The van der Waals surface area contributed by atoms with Crippen molar-refractivity contribution in [1.82, 2.24) is 0 Å². The van der Waals surface area contributed by atoms with E-state index in [9.17, 15) is 9.59 Å². The molecule has 3 aromatic carbocycles. The average Bonchev–Trinajstić information content (AvgIpc) is 3.08. The van der Waals surface area contributed by atoms with Gasteiger partial charge in [0.25, 0.3) is 5.91 Å². The molecule has 1 atom stereocenters. The molecule has 0 saturated carbocycles. The van der Waals surface area contributed by atoms with Crippen LogP contribution in [-0.2, 0) is 16.1 Å². The number of benzene rings is 3. The summed E-state index contributed by atoms with van der Waals surface area (Å²) in [4.78, 5) is 27.5. The van der Waals surface area contributed by atoms with E-state index in [1.807, 2.05) is 83.8 Å². The third kappa shape index (κ3) is 5.79. The first-order valence-electron chi connectivity index (χ1n) is 11.5. The number of carbonyl (C=O) groups is 2. The van der Waals surface area contributed by atoms with E-state index < -0.39 is 6.04 Å². The normalized spacial score (nSPS) is 14.9. The van der Waals surface area contributed by atoms with Crippen molar-refractivity contribution in [3.63, 3.8) is 0 Å². The molecule has 1 aliphatic rings. The number of nitrogens with one attached hydrogen (secondary N) is 2. The van der Waals surface area contributed by atoms with E-state index in [2.05, 4.69) is 10.6 Å². The van der Waals surface area contributed by atoms with Crippen LogP contribution >= 0.6 is 0 Å². The second-order valence-electron chi connectivity index (χ2n) is 8.28. The maximum atomic E-state index is 13.3. The van der Waals surface area contributed by atoms with Gasteiger partial charge in [0.1, 0.15) is 6.04 Å². The van der Waals surface area contributed by atoms with Crippen LogP contribution < -0.4 is 21.3 Å². The monoisotopic (exact) mass is 442 g/mol. The first-order valence-corrected chi connectivity index (χ1v) is 11.5. The van der Waals surface area contributed by atoms with Gasteiger partial charge in [0.05, 0.1) is 0 Å². The zero-order chi connectivity index (χ0) is 23.0. The molecule has 4 N–H and O–H groups in total. The smallest absolute Gasteiger partial charge is 0.251 e. The highest BCUT2D eigenvalue weighted by molar-refractivity contribution is 5.98. The molecule has 6 heteroatoms. The maximum Gasteiger partial charge on any atom is 0.251 e. The topological polar surface area (TPSA) is 87.5 Å². The Morgan fingerprint density at radius 1 is 0.909 bits per heavy atom. The van der Waals surface area contributed by atoms with Crippen molar-refractivity contribution in [2.75, 3.05) is 22.1 Å². The number of nitrogens with two attached hydrogens (primary N) is 1. The number of amides is 2. The highest BCUT2D eigenvalue weighted by Gasteiger charge is 2.22. The zero-order valence-corrected chi connectivity index (χ0v) is 18.7. The van der Waals surface area contributed by atoms with Crippen molar-refractivity contribution in [3.05, 3.63) is 90.0 Å². The molecule has 0 aliphatic carbocycles. The van der Waals surface area contributed by atoms with Crippen LogP contribution in [0.5, 0.6) is 0 Å². The SMILES string of the molecule is NCc1cccc(N[C@H](C(=O)Nc2ccc(N3CCCCCC3=O)cc2)c2ccccc2)c1. The Morgan fingerprint density at radius 2 is 1.70 bits per heavy atom. The molecular formula is C27H30N4O2. The lowest BCUT2D eigenvalue weighted by molar-refractivity contribution is -0.118. The molecule has 1 saturated heterocycles. The van der Waals surface area contributed by atoms with Crippen LogP contribution in [-0.4, -0.2) is 18.4 Å². The van der Waals surface area contributed by atoms with Crippen molar-refractivity contribution in [3.8, 4) is 0 Å². The van der Waals surface area contributed by atoms with Crippen LogP contribution in [0.3, 0.4) is 0 Å². The fourth-order valence-corrected chi connectivity index (χ4v) is 4.10. The molecule has 1 fully saturated rings. The summed E-state index contributed by atoms with van der Waals surface area (Å²) in [5.41, 5.74) is 10.0. The van der Waals surface area contributed by atoms with E-state index in [-0.39, 0.29) is 11.8 Å². The van der Waals surface area contributed by atoms with Crippen LogP contribution in [0.15, 0.2) is 78.9 Å². The molecule has 0 bridgehead atoms. The number of rotatable bonds is 7. The van der Waals surface area contributed by atoms with Gasteiger partial charge in [0, 0.05) is 36.6 Å². The van der Waals surface area contributed by atoms with Crippen molar-refractivity contribution >= 4 is 28.9 Å². The lowest BCUT2D eigenvalue weighted by Crippen LogP contribution is -2.30. The predicted molar refractivity (Wildman–Crippen MR) is 133 cm³/mol. The van der Waals surface area contributed by atoms with E-state index in [1.165, 1.54) is 0 Å². The van der Waals surface area contributed by atoms with Gasteiger partial charge in [-0.25, -0.2) is 0 Å². The van der Waals surface area contributed by atoms with E-state index in [0.717, 1.165) is 48.3 Å². The van der Waals surface area contributed by atoms with E-state index in [1.54, 1.807) is 0 Å². The highest BCUT2D eigenvalue weighted by Crippen LogP contribution is 2.25. The molecule has 1 heterocycles. The zero-order valence-electron chi connectivity index (χ0n) is 18.7. The molecule has 6 nitrogen and oxygen atoms in total. The van der Waals surface area contributed by atoms with E-state index in [4.69, 9.17) is 5.73 Å². The largest absolute Gasteiger partial charge is 0.370 e. The van der Waals surface area contributed by atoms with Gasteiger partial charge in [-0.2, -0.15) is 0 Å². The Labute approximate surface area is 194 Å². The van der Waals surface area contributed by atoms with Gasteiger partial charge in [0.2, 0.25) is 5.91 Å². The molecular weight excluding hydrogens is 412 g/mol. The molecule has 1 aliphatic heterocycles. The first-order chi connectivity index (χ1) is 16.1. The molecule has 0 spiro atoms. The predicted octanol–water partition coefficient (Wildman–Crippen LogP) is 4.84. The molecule has 2 amide bonds. The number of carbonyl (C=O) groups excluding carboxylic acids is 2. The summed E-state index contributed by atoms with van der Waals surface area (Å²) in [6, 6.07) is 24.3. The number of nitrogens with zero attached hydrogens (tertiary/aromatic N) is 1. The van der Waals surface area contributed by atoms with Gasteiger partial charge < -0.3 is 21.3 Å². The molecule has 0 unspecified atom stereocenters. The van der Waals surface area contributed by atoms with Crippen LogP contribution in [0.1, 0.15) is 42.9 Å². The molecule has 33 heavy (non-hydrogen) atoms. The van der Waals surface area contributed by atoms with Crippen LogP contribution in [0, 0.1) is 0 Å². The summed E-state index contributed by atoms with van der Waals surface area (Å²) in [6.45, 7) is 1.18. The minimum Gasteiger partial charge on any atom is -0.370 e. The molecule has 3 aromatic rings. The molecule has 170 valence electrons. The van der Waals surface area contributed by atoms with Crippen molar-refractivity contribution < 1.29 is 9.59 Å². The fraction of sp³-hybridized carbons (Fsp3) is 0.259. The second kappa shape index (κ2) is 10.8. The van der Waals surface area contributed by atoms with Gasteiger partial charge in [0.15, 0.2) is 0 Å². The quantitative estimate of drug-likeness (QED) is 0.488. The summed E-state index contributed by atoms with van der Waals surface area (Å²) in [7, 11) is 0. The summed E-state index contributed by atoms with van der Waals surface area (Å²) < 4.78 is 0. The fourth-order valence-electron chi connectivity index (χ4n) is 4.10. The first kappa shape index (κ1) is 22.6. The van der Waals surface area contributed by atoms with Crippen molar-refractivity contribution in [1.29, 1.82) is 0 Å².